The van der Waals surface area contributed by atoms with Crippen LogP contribution in [0.3, 0.4) is 0 Å². The van der Waals surface area contributed by atoms with Crippen LogP contribution in [-0.2, 0) is 13.6 Å². The molecule has 18 heavy (non-hydrogen) atoms. The summed E-state index contributed by atoms with van der Waals surface area (Å²) in [6.07, 6.45) is 9.42. The number of hydrogen-bond acceptors (Lipinski definition) is 2. The molecule has 0 aliphatic heterocycles. The Balaban J connectivity index is 1.74. The maximum absolute atomic E-state index is 4.20. The normalized spacial score (nSPS) is 25.3. The molecule has 1 aliphatic carbocycles. The first-order valence-corrected chi connectivity index (χ1v) is 7.16. The Morgan fingerprint density at radius 2 is 1.94 bits per heavy atom. The van der Waals surface area contributed by atoms with Gasteiger partial charge in [0.05, 0.1) is 6.20 Å². The Morgan fingerprint density at radius 3 is 2.44 bits per heavy atom. The lowest BCUT2D eigenvalue weighted by atomic mass is 9.71. The van der Waals surface area contributed by atoms with Gasteiger partial charge in [0.1, 0.15) is 0 Å². The number of hydrogen-bond donors (Lipinski definition) is 1. The lowest BCUT2D eigenvalue weighted by Crippen LogP contribution is -2.35. The molecule has 0 bridgehead atoms. The molecule has 0 amide bonds. The summed E-state index contributed by atoms with van der Waals surface area (Å²) in [5.74, 6) is 0.897. The van der Waals surface area contributed by atoms with Crippen molar-refractivity contribution >= 4 is 0 Å². The van der Waals surface area contributed by atoms with Gasteiger partial charge in [-0.15, -0.1) is 0 Å². The molecule has 0 atom stereocenters. The van der Waals surface area contributed by atoms with Crippen LogP contribution in [0.5, 0.6) is 0 Å². The first kappa shape index (κ1) is 13.6. The zero-order chi connectivity index (χ0) is 13.2. The van der Waals surface area contributed by atoms with E-state index >= 15 is 0 Å². The highest BCUT2D eigenvalue weighted by atomic mass is 15.2. The van der Waals surface area contributed by atoms with E-state index < -0.39 is 0 Å². The van der Waals surface area contributed by atoms with Crippen molar-refractivity contribution in [3.05, 3.63) is 18.0 Å². The Kier molecular flexibility index (Phi) is 4.10. The highest BCUT2D eigenvalue weighted by Crippen LogP contribution is 2.37. The predicted octanol–water partition coefficient (Wildman–Crippen LogP) is 3.11. The molecule has 0 aromatic carbocycles. The highest BCUT2D eigenvalue weighted by molar-refractivity contribution is 5.03. The lowest BCUT2D eigenvalue weighted by molar-refractivity contribution is 0.160. The number of aromatic nitrogens is 2. The third-order valence-corrected chi connectivity index (χ3v) is 4.31. The van der Waals surface area contributed by atoms with Crippen molar-refractivity contribution in [2.45, 2.75) is 59.0 Å². The third-order valence-electron chi connectivity index (χ3n) is 4.31. The van der Waals surface area contributed by atoms with E-state index in [1.54, 1.807) is 0 Å². The minimum absolute atomic E-state index is 0.480. The van der Waals surface area contributed by atoms with E-state index in [0.29, 0.717) is 11.5 Å². The molecule has 1 N–H and O–H groups in total. The molecular weight excluding hydrogens is 222 g/mol. The summed E-state index contributed by atoms with van der Waals surface area (Å²) in [6.45, 7) is 8.09. The zero-order valence-corrected chi connectivity index (χ0v) is 12.2. The van der Waals surface area contributed by atoms with Crippen LogP contribution >= 0.6 is 0 Å². The van der Waals surface area contributed by atoms with Crippen LogP contribution in [0.4, 0.5) is 0 Å². The second kappa shape index (κ2) is 5.43. The topological polar surface area (TPSA) is 29.9 Å². The quantitative estimate of drug-likeness (QED) is 0.892. The molecule has 0 unspecified atom stereocenters. The summed E-state index contributed by atoms with van der Waals surface area (Å²) in [6, 6.07) is 0.698. The van der Waals surface area contributed by atoms with Gasteiger partial charge in [0.2, 0.25) is 0 Å². The summed E-state index contributed by atoms with van der Waals surface area (Å²) < 4.78 is 1.87. The van der Waals surface area contributed by atoms with Gasteiger partial charge in [-0.25, -0.2) is 0 Å². The van der Waals surface area contributed by atoms with E-state index in [1.807, 2.05) is 17.9 Å². The molecule has 0 radical (unpaired) electrons. The van der Waals surface area contributed by atoms with E-state index in [2.05, 4.69) is 37.4 Å². The van der Waals surface area contributed by atoms with E-state index in [-0.39, 0.29) is 0 Å². The van der Waals surface area contributed by atoms with Crippen LogP contribution in [0.1, 0.15) is 52.0 Å². The van der Waals surface area contributed by atoms with Crippen molar-refractivity contribution in [3.63, 3.8) is 0 Å². The van der Waals surface area contributed by atoms with Crippen LogP contribution < -0.4 is 5.32 Å². The van der Waals surface area contributed by atoms with E-state index in [9.17, 15) is 0 Å². The lowest BCUT2D eigenvalue weighted by Gasteiger charge is -2.37. The fourth-order valence-electron chi connectivity index (χ4n) is 2.99. The maximum Gasteiger partial charge on any atom is 0.0534 e. The Morgan fingerprint density at radius 1 is 1.28 bits per heavy atom. The molecule has 1 heterocycles. The number of nitrogens with one attached hydrogen (secondary N) is 1. The zero-order valence-electron chi connectivity index (χ0n) is 12.2. The smallest absolute Gasteiger partial charge is 0.0534 e. The van der Waals surface area contributed by atoms with Gasteiger partial charge in [-0.3, -0.25) is 4.68 Å². The molecule has 2 rings (SSSR count). The molecule has 0 saturated heterocycles. The van der Waals surface area contributed by atoms with Gasteiger partial charge in [0, 0.05) is 31.4 Å². The molecule has 1 aromatic rings. The van der Waals surface area contributed by atoms with Crippen molar-refractivity contribution in [2.75, 3.05) is 0 Å². The fourth-order valence-corrected chi connectivity index (χ4v) is 2.99. The third kappa shape index (κ3) is 3.58. The summed E-state index contributed by atoms with van der Waals surface area (Å²) >= 11 is 0. The highest BCUT2D eigenvalue weighted by Gasteiger charge is 2.29. The molecule has 102 valence electrons. The van der Waals surface area contributed by atoms with E-state index in [4.69, 9.17) is 0 Å². The molecule has 1 fully saturated rings. The molecule has 1 saturated carbocycles. The molecule has 0 spiro atoms. The van der Waals surface area contributed by atoms with E-state index in [0.717, 1.165) is 12.5 Å². The summed E-state index contributed by atoms with van der Waals surface area (Å²) in [5, 5.41) is 7.87. The monoisotopic (exact) mass is 249 g/mol. The van der Waals surface area contributed by atoms with Crippen LogP contribution in [0.25, 0.3) is 0 Å². The van der Waals surface area contributed by atoms with Crippen LogP contribution in [0.15, 0.2) is 12.4 Å². The Hall–Kier alpha value is -0.830. The predicted molar refractivity (Wildman–Crippen MR) is 75.2 cm³/mol. The molecule has 1 aliphatic rings. The Labute approximate surface area is 111 Å². The van der Waals surface area contributed by atoms with Crippen LogP contribution in [-0.4, -0.2) is 15.8 Å². The van der Waals surface area contributed by atoms with Crippen molar-refractivity contribution in [2.24, 2.45) is 18.4 Å². The average Bonchev–Trinajstić information content (AvgIpc) is 2.72. The van der Waals surface area contributed by atoms with Crippen molar-refractivity contribution in [1.29, 1.82) is 0 Å². The van der Waals surface area contributed by atoms with Crippen LogP contribution in [0.2, 0.25) is 0 Å². The molecule has 3 nitrogen and oxygen atoms in total. The van der Waals surface area contributed by atoms with E-state index in [1.165, 1.54) is 31.2 Å². The van der Waals surface area contributed by atoms with Crippen molar-refractivity contribution < 1.29 is 0 Å². The number of nitrogens with zero attached hydrogens (tertiary/aromatic N) is 2. The van der Waals surface area contributed by atoms with Crippen LogP contribution in [0, 0.1) is 11.3 Å². The summed E-state index contributed by atoms with van der Waals surface area (Å²) in [5.41, 5.74) is 1.77. The molecule has 3 heteroatoms. The summed E-state index contributed by atoms with van der Waals surface area (Å²) in [7, 11) is 1.97. The van der Waals surface area contributed by atoms with Gasteiger partial charge in [-0.2, -0.15) is 5.10 Å². The van der Waals surface area contributed by atoms with Gasteiger partial charge in [0.15, 0.2) is 0 Å². The maximum atomic E-state index is 4.20. The fraction of sp³-hybridized carbons (Fsp3) is 0.800. The van der Waals surface area contributed by atoms with Gasteiger partial charge in [0.25, 0.3) is 0 Å². The summed E-state index contributed by atoms with van der Waals surface area (Å²) in [4.78, 5) is 0. The van der Waals surface area contributed by atoms with Crippen molar-refractivity contribution in [1.82, 2.24) is 15.1 Å². The van der Waals surface area contributed by atoms with Gasteiger partial charge in [-0.05, 0) is 37.0 Å². The standard InChI is InChI=1S/C15H27N3/c1-15(2,3)13-5-7-14(8-6-13)16-9-12-10-17-18(4)11-12/h10-11,13-14,16H,5-9H2,1-4H3. The number of rotatable bonds is 3. The van der Waals surface area contributed by atoms with Gasteiger partial charge < -0.3 is 5.32 Å². The first-order chi connectivity index (χ1) is 8.45. The SMILES string of the molecule is Cn1cc(CNC2CCC(C(C)(C)C)CC2)cn1. The average molecular weight is 249 g/mol. The Bertz CT molecular complexity index is 367. The van der Waals surface area contributed by atoms with Gasteiger partial charge in [-0.1, -0.05) is 20.8 Å². The largest absolute Gasteiger partial charge is 0.310 e. The minimum Gasteiger partial charge on any atom is -0.310 e. The number of aryl methyl sites for hydroxylation is 1. The minimum atomic E-state index is 0.480. The second-order valence-electron chi connectivity index (χ2n) is 6.82. The second-order valence-corrected chi connectivity index (χ2v) is 6.82. The van der Waals surface area contributed by atoms with Gasteiger partial charge >= 0.3 is 0 Å². The molecular formula is C15H27N3. The molecule has 1 aromatic heterocycles. The van der Waals surface area contributed by atoms with Crippen molar-refractivity contribution in [3.8, 4) is 0 Å². The first-order valence-electron chi connectivity index (χ1n) is 7.16.